The summed E-state index contributed by atoms with van der Waals surface area (Å²) >= 11 is 1.37. The van der Waals surface area contributed by atoms with Crippen LogP contribution in [0, 0.1) is 0 Å². The number of carbonyl (C=O) groups is 1. The number of hydrogen-bond donors (Lipinski definition) is 2. The van der Waals surface area contributed by atoms with E-state index in [4.69, 9.17) is 9.84 Å². The number of rotatable bonds is 6. The summed E-state index contributed by atoms with van der Waals surface area (Å²) in [4.78, 5) is 25.5. The average molecular weight is 449 g/mol. The van der Waals surface area contributed by atoms with Crippen LogP contribution in [0.2, 0.25) is 0 Å². The third-order valence-electron chi connectivity index (χ3n) is 5.65. The Bertz CT molecular complexity index is 1260. The summed E-state index contributed by atoms with van der Waals surface area (Å²) in [6, 6.07) is 14.3. The van der Waals surface area contributed by atoms with E-state index in [-0.39, 0.29) is 25.2 Å². The molecule has 0 aliphatic carbocycles. The average Bonchev–Trinajstić information content (AvgIpc) is 3.22. The largest absolute Gasteiger partial charge is 0.395 e. The lowest BCUT2D eigenvalue weighted by molar-refractivity contribution is -0.0323. The van der Waals surface area contributed by atoms with E-state index in [2.05, 4.69) is 44.5 Å². The number of amides is 1. The molecule has 32 heavy (non-hydrogen) atoms. The van der Waals surface area contributed by atoms with Crippen LogP contribution in [0.1, 0.15) is 26.9 Å². The quantitative estimate of drug-likeness (QED) is 0.471. The Kier molecular flexibility index (Phi) is 6.09. The number of hydrogen-bond acceptors (Lipinski definition) is 7. The predicted octanol–water partition coefficient (Wildman–Crippen LogP) is 3.14. The molecule has 1 aromatic carbocycles. The molecular formula is C24H24N4O3S. The summed E-state index contributed by atoms with van der Waals surface area (Å²) < 4.78 is 6.16. The fraction of sp³-hybridized carbons (Fsp3) is 0.292. The van der Waals surface area contributed by atoms with Gasteiger partial charge in [0.05, 0.1) is 24.8 Å². The highest BCUT2D eigenvalue weighted by Crippen LogP contribution is 2.37. The lowest BCUT2D eigenvalue weighted by atomic mass is 10.0. The Hall–Kier alpha value is -2.91. The van der Waals surface area contributed by atoms with E-state index in [1.165, 1.54) is 16.9 Å². The van der Waals surface area contributed by atoms with Gasteiger partial charge in [0.1, 0.15) is 9.71 Å². The van der Waals surface area contributed by atoms with Crippen LogP contribution in [-0.4, -0.2) is 58.7 Å². The maximum absolute atomic E-state index is 12.8. The molecule has 1 atom stereocenters. The number of nitrogens with one attached hydrogen (secondary N) is 1. The predicted molar refractivity (Wildman–Crippen MR) is 125 cm³/mol. The van der Waals surface area contributed by atoms with Gasteiger partial charge in [-0.2, -0.15) is 0 Å². The molecule has 1 aliphatic heterocycles. The van der Waals surface area contributed by atoms with Crippen molar-refractivity contribution < 1.29 is 14.6 Å². The van der Waals surface area contributed by atoms with Gasteiger partial charge in [-0.05, 0) is 29.8 Å². The van der Waals surface area contributed by atoms with Gasteiger partial charge in [0.2, 0.25) is 0 Å². The summed E-state index contributed by atoms with van der Waals surface area (Å²) in [5.74, 6) is -0.195. The first kappa shape index (κ1) is 21.0. The maximum Gasteiger partial charge on any atom is 0.261 e. The van der Waals surface area contributed by atoms with E-state index in [9.17, 15) is 4.79 Å². The summed E-state index contributed by atoms with van der Waals surface area (Å²) in [7, 11) is 0. The smallest absolute Gasteiger partial charge is 0.261 e. The molecule has 164 valence electrons. The summed E-state index contributed by atoms with van der Waals surface area (Å²) in [5.41, 5.74) is 3.11. The van der Waals surface area contributed by atoms with Gasteiger partial charge < -0.3 is 15.2 Å². The zero-order valence-corrected chi connectivity index (χ0v) is 18.3. The molecule has 0 radical (unpaired) electrons. The first-order valence-corrected chi connectivity index (χ1v) is 11.5. The van der Waals surface area contributed by atoms with Gasteiger partial charge in [-0.1, -0.05) is 18.2 Å². The van der Waals surface area contributed by atoms with Gasteiger partial charge in [0.15, 0.2) is 0 Å². The van der Waals surface area contributed by atoms with Crippen molar-refractivity contribution in [1.29, 1.82) is 0 Å². The summed E-state index contributed by atoms with van der Waals surface area (Å²) in [5, 5.41) is 14.0. The third-order valence-corrected chi connectivity index (χ3v) is 6.78. The first-order valence-electron chi connectivity index (χ1n) is 10.7. The number of aliphatic hydroxyl groups is 1. The second-order valence-corrected chi connectivity index (χ2v) is 8.80. The molecule has 1 amide bonds. The normalized spacial score (nSPS) is 17.1. The monoisotopic (exact) mass is 448 g/mol. The van der Waals surface area contributed by atoms with Gasteiger partial charge in [0.25, 0.3) is 5.91 Å². The molecule has 4 heterocycles. The molecule has 1 aliphatic rings. The number of nitrogens with zero attached hydrogens (tertiary/aromatic N) is 3. The lowest BCUT2D eigenvalue weighted by Crippen LogP contribution is -2.38. The van der Waals surface area contributed by atoms with Crippen molar-refractivity contribution in [2.75, 3.05) is 32.8 Å². The Morgan fingerprint density at radius 1 is 1.22 bits per heavy atom. The molecule has 4 aromatic rings. The van der Waals surface area contributed by atoms with Crippen molar-refractivity contribution in [3.63, 3.8) is 0 Å². The SMILES string of the molecule is O=C(NCCO)c1sc2ncccc2c1[C@H]1CN(Cc2ccc3ncccc3c2)CCO1. The van der Waals surface area contributed by atoms with Crippen molar-refractivity contribution in [2.24, 2.45) is 0 Å². The number of ether oxygens (including phenoxy) is 1. The zero-order chi connectivity index (χ0) is 21.9. The fourth-order valence-electron chi connectivity index (χ4n) is 4.19. The van der Waals surface area contributed by atoms with Gasteiger partial charge in [-0.3, -0.25) is 14.7 Å². The van der Waals surface area contributed by atoms with Crippen molar-refractivity contribution in [1.82, 2.24) is 20.2 Å². The minimum atomic E-state index is -0.223. The Morgan fingerprint density at radius 2 is 2.09 bits per heavy atom. The number of morpholine rings is 1. The van der Waals surface area contributed by atoms with E-state index >= 15 is 0 Å². The first-order chi connectivity index (χ1) is 15.7. The molecule has 0 unspecified atom stereocenters. The molecule has 0 bridgehead atoms. The fourth-order valence-corrected chi connectivity index (χ4v) is 5.30. The maximum atomic E-state index is 12.8. The second kappa shape index (κ2) is 9.30. The van der Waals surface area contributed by atoms with Crippen LogP contribution in [0.5, 0.6) is 0 Å². The summed E-state index contributed by atoms with van der Waals surface area (Å²) in [6.07, 6.45) is 3.32. The van der Waals surface area contributed by atoms with Crippen LogP contribution in [0.3, 0.4) is 0 Å². The third kappa shape index (κ3) is 4.22. The van der Waals surface area contributed by atoms with Crippen LogP contribution >= 0.6 is 11.3 Å². The van der Waals surface area contributed by atoms with Crippen molar-refractivity contribution >= 4 is 38.4 Å². The molecule has 1 fully saturated rings. The molecular weight excluding hydrogens is 424 g/mol. The minimum Gasteiger partial charge on any atom is -0.395 e. The molecule has 5 rings (SSSR count). The van der Waals surface area contributed by atoms with Crippen LogP contribution in [0.4, 0.5) is 0 Å². The van der Waals surface area contributed by atoms with E-state index in [1.54, 1.807) is 6.20 Å². The standard InChI is InChI=1S/C24H24N4O3S/c29-11-9-26-23(30)22-21(18-4-2-8-27-24(18)32-22)20-15-28(10-12-31-20)14-16-5-6-19-17(13-16)3-1-7-25-19/h1-8,13,20,29H,9-12,14-15H2,(H,26,30)/t20-/m1/s1. The molecule has 0 spiro atoms. The van der Waals surface area contributed by atoms with Gasteiger partial charge >= 0.3 is 0 Å². The van der Waals surface area contributed by atoms with Crippen molar-refractivity contribution in [3.8, 4) is 0 Å². The van der Waals surface area contributed by atoms with Gasteiger partial charge in [-0.15, -0.1) is 11.3 Å². The number of benzene rings is 1. The summed E-state index contributed by atoms with van der Waals surface area (Å²) in [6.45, 7) is 3.03. The number of carbonyl (C=O) groups excluding carboxylic acids is 1. The molecule has 2 N–H and O–H groups in total. The highest BCUT2D eigenvalue weighted by Gasteiger charge is 2.30. The topological polar surface area (TPSA) is 87.6 Å². The zero-order valence-electron chi connectivity index (χ0n) is 17.5. The van der Waals surface area contributed by atoms with Crippen LogP contribution < -0.4 is 5.32 Å². The molecule has 7 nitrogen and oxygen atoms in total. The minimum absolute atomic E-state index is 0.0980. The number of aromatic nitrogens is 2. The molecule has 3 aromatic heterocycles. The van der Waals surface area contributed by atoms with Gasteiger partial charge in [-0.25, -0.2) is 4.98 Å². The molecule has 0 saturated carbocycles. The number of thiophene rings is 1. The van der Waals surface area contributed by atoms with E-state index in [0.29, 0.717) is 18.0 Å². The van der Waals surface area contributed by atoms with E-state index in [1.807, 2.05) is 24.4 Å². The highest BCUT2D eigenvalue weighted by atomic mass is 32.1. The van der Waals surface area contributed by atoms with Crippen LogP contribution in [-0.2, 0) is 11.3 Å². The number of aliphatic hydroxyl groups excluding tert-OH is 1. The van der Waals surface area contributed by atoms with Crippen molar-refractivity contribution in [2.45, 2.75) is 12.6 Å². The van der Waals surface area contributed by atoms with Crippen LogP contribution in [0.15, 0.2) is 54.9 Å². The highest BCUT2D eigenvalue weighted by molar-refractivity contribution is 7.20. The van der Waals surface area contributed by atoms with E-state index in [0.717, 1.165) is 39.8 Å². The number of pyridine rings is 2. The molecule has 1 saturated heterocycles. The molecule has 8 heteroatoms. The van der Waals surface area contributed by atoms with Crippen molar-refractivity contribution in [3.05, 3.63) is 70.9 Å². The Morgan fingerprint density at radius 3 is 3.00 bits per heavy atom. The second-order valence-electron chi connectivity index (χ2n) is 7.81. The Balaban J connectivity index is 1.41. The van der Waals surface area contributed by atoms with Crippen LogP contribution in [0.25, 0.3) is 21.1 Å². The van der Waals surface area contributed by atoms with Gasteiger partial charge in [0, 0.05) is 54.9 Å². The van der Waals surface area contributed by atoms with E-state index < -0.39 is 0 Å². The lowest BCUT2D eigenvalue weighted by Gasteiger charge is -2.33. The Labute approximate surface area is 189 Å². The number of fused-ring (bicyclic) bond motifs is 2.